The highest BCUT2D eigenvalue weighted by molar-refractivity contribution is 5.95. The second kappa shape index (κ2) is 4.14. The molecular weight excluding hydrogens is 224 g/mol. The number of hydrogen-bond donors (Lipinski definition) is 1. The number of aromatic nitrogens is 3. The van der Waals surface area contributed by atoms with Gasteiger partial charge in [-0.15, -0.1) is 0 Å². The van der Waals surface area contributed by atoms with Crippen LogP contribution in [-0.4, -0.2) is 14.5 Å². The Kier molecular flexibility index (Phi) is 2.48. The van der Waals surface area contributed by atoms with E-state index >= 15 is 0 Å². The van der Waals surface area contributed by atoms with Gasteiger partial charge in [0.15, 0.2) is 0 Å². The van der Waals surface area contributed by atoms with E-state index in [4.69, 9.17) is 5.73 Å². The van der Waals surface area contributed by atoms with Crippen LogP contribution in [0.1, 0.15) is 12.7 Å². The van der Waals surface area contributed by atoms with Crippen molar-refractivity contribution < 1.29 is 0 Å². The van der Waals surface area contributed by atoms with Gasteiger partial charge >= 0.3 is 0 Å². The summed E-state index contributed by atoms with van der Waals surface area (Å²) in [4.78, 5) is 8.70. The first-order valence-corrected chi connectivity index (χ1v) is 5.97. The lowest BCUT2D eigenvalue weighted by molar-refractivity contribution is 0.896. The van der Waals surface area contributed by atoms with Gasteiger partial charge in [0.1, 0.15) is 5.82 Å². The van der Waals surface area contributed by atoms with Gasteiger partial charge in [0, 0.05) is 30.4 Å². The van der Waals surface area contributed by atoms with Gasteiger partial charge in [0.25, 0.3) is 0 Å². The van der Waals surface area contributed by atoms with E-state index < -0.39 is 0 Å². The van der Waals surface area contributed by atoms with Crippen molar-refractivity contribution in [2.45, 2.75) is 13.3 Å². The van der Waals surface area contributed by atoms with Crippen LogP contribution < -0.4 is 5.73 Å². The fourth-order valence-corrected chi connectivity index (χ4v) is 2.20. The fourth-order valence-electron chi connectivity index (χ4n) is 2.20. The van der Waals surface area contributed by atoms with E-state index in [1.165, 1.54) is 0 Å². The van der Waals surface area contributed by atoms with Gasteiger partial charge in [-0.2, -0.15) is 0 Å². The van der Waals surface area contributed by atoms with Crippen molar-refractivity contribution in [1.29, 1.82) is 0 Å². The molecule has 0 fully saturated rings. The molecular formula is C14H14N4. The van der Waals surface area contributed by atoms with Crippen LogP contribution >= 0.6 is 0 Å². The standard InChI is InChI=1S/C14H14N4/c1-2-13-16-8-9-18(13)12-6-5-11(15)14-10(12)4-3-7-17-14/h3-9H,2,15H2,1H3. The lowest BCUT2D eigenvalue weighted by atomic mass is 10.1. The number of rotatable bonds is 2. The summed E-state index contributed by atoms with van der Waals surface area (Å²) in [7, 11) is 0. The summed E-state index contributed by atoms with van der Waals surface area (Å²) in [6.45, 7) is 2.09. The first kappa shape index (κ1) is 10.8. The number of nitrogens with two attached hydrogens (primary N) is 1. The first-order valence-electron chi connectivity index (χ1n) is 5.97. The molecule has 2 heterocycles. The fraction of sp³-hybridized carbons (Fsp3) is 0.143. The van der Waals surface area contributed by atoms with Crippen molar-refractivity contribution in [3.8, 4) is 5.69 Å². The average molecular weight is 238 g/mol. The van der Waals surface area contributed by atoms with Gasteiger partial charge in [-0.3, -0.25) is 4.98 Å². The smallest absolute Gasteiger partial charge is 0.112 e. The van der Waals surface area contributed by atoms with Gasteiger partial charge in [-0.1, -0.05) is 6.92 Å². The predicted molar refractivity (Wildman–Crippen MR) is 72.7 cm³/mol. The van der Waals surface area contributed by atoms with E-state index in [1.54, 1.807) is 6.20 Å². The zero-order valence-corrected chi connectivity index (χ0v) is 10.2. The normalized spacial score (nSPS) is 10.9. The van der Waals surface area contributed by atoms with Crippen LogP contribution in [0.3, 0.4) is 0 Å². The molecule has 3 rings (SSSR count). The number of imidazole rings is 1. The van der Waals surface area contributed by atoms with Gasteiger partial charge in [0.05, 0.1) is 16.9 Å². The molecule has 0 bridgehead atoms. The zero-order valence-electron chi connectivity index (χ0n) is 10.2. The highest BCUT2D eigenvalue weighted by atomic mass is 15.1. The van der Waals surface area contributed by atoms with Crippen LogP contribution in [-0.2, 0) is 6.42 Å². The molecule has 4 nitrogen and oxygen atoms in total. The molecule has 0 saturated carbocycles. The van der Waals surface area contributed by atoms with E-state index in [9.17, 15) is 0 Å². The van der Waals surface area contributed by atoms with E-state index in [0.29, 0.717) is 5.69 Å². The number of nitrogens with zero attached hydrogens (tertiary/aromatic N) is 3. The van der Waals surface area contributed by atoms with Gasteiger partial charge in [0.2, 0.25) is 0 Å². The summed E-state index contributed by atoms with van der Waals surface area (Å²) in [6.07, 6.45) is 6.43. The predicted octanol–water partition coefficient (Wildman–Crippen LogP) is 2.57. The SMILES string of the molecule is CCc1nccn1-c1ccc(N)c2ncccc12. The minimum atomic E-state index is 0.701. The molecule has 0 unspecified atom stereocenters. The number of aryl methyl sites for hydroxylation is 1. The highest BCUT2D eigenvalue weighted by Crippen LogP contribution is 2.26. The van der Waals surface area contributed by atoms with Crippen LogP contribution in [0.4, 0.5) is 5.69 Å². The molecule has 4 heteroatoms. The summed E-state index contributed by atoms with van der Waals surface area (Å²) in [5.74, 6) is 1.03. The third kappa shape index (κ3) is 1.54. The number of pyridine rings is 1. The van der Waals surface area contributed by atoms with Crippen LogP contribution in [0.25, 0.3) is 16.6 Å². The maximum atomic E-state index is 5.96. The van der Waals surface area contributed by atoms with Crippen molar-refractivity contribution in [3.05, 3.63) is 48.7 Å². The largest absolute Gasteiger partial charge is 0.397 e. The Labute approximate surface area is 105 Å². The van der Waals surface area contributed by atoms with Gasteiger partial charge in [-0.05, 0) is 24.3 Å². The third-order valence-electron chi connectivity index (χ3n) is 3.07. The summed E-state index contributed by atoms with van der Waals surface area (Å²) < 4.78 is 2.09. The Hall–Kier alpha value is -2.36. The lowest BCUT2D eigenvalue weighted by Gasteiger charge is -2.11. The van der Waals surface area contributed by atoms with Crippen molar-refractivity contribution in [2.75, 3.05) is 5.73 Å². The maximum absolute atomic E-state index is 5.96. The van der Waals surface area contributed by atoms with Crippen LogP contribution in [0.2, 0.25) is 0 Å². The molecule has 2 aromatic heterocycles. The number of nitrogen functional groups attached to an aromatic ring is 1. The molecule has 0 aliphatic rings. The van der Waals surface area contributed by atoms with E-state index in [0.717, 1.165) is 28.8 Å². The molecule has 18 heavy (non-hydrogen) atoms. The first-order chi connectivity index (χ1) is 8.81. The quantitative estimate of drug-likeness (QED) is 0.698. The average Bonchev–Trinajstić information content (AvgIpc) is 2.88. The van der Waals surface area contributed by atoms with Gasteiger partial charge < -0.3 is 10.3 Å². The molecule has 0 aliphatic carbocycles. The maximum Gasteiger partial charge on any atom is 0.112 e. The Morgan fingerprint density at radius 2 is 2.06 bits per heavy atom. The molecule has 0 atom stereocenters. The molecule has 0 spiro atoms. The second-order valence-electron chi connectivity index (χ2n) is 4.14. The Bertz CT molecular complexity index is 700. The van der Waals surface area contributed by atoms with Crippen LogP contribution in [0.5, 0.6) is 0 Å². The van der Waals surface area contributed by atoms with Gasteiger partial charge in [-0.25, -0.2) is 4.98 Å². The monoisotopic (exact) mass is 238 g/mol. The number of anilines is 1. The second-order valence-corrected chi connectivity index (χ2v) is 4.14. The molecule has 2 N–H and O–H groups in total. The molecule has 90 valence electrons. The van der Waals surface area contributed by atoms with Crippen molar-refractivity contribution >= 4 is 16.6 Å². The number of hydrogen-bond acceptors (Lipinski definition) is 3. The number of benzene rings is 1. The van der Waals surface area contributed by atoms with E-state index in [-0.39, 0.29) is 0 Å². The summed E-state index contributed by atoms with van der Waals surface area (Å²) in [6, 6.07) is 7.87. The lowest BCUT2D eigenvalue weighted by Crippen LogP contribution is -2.01. The van der Waals surface area contributed by atoms with E-state index in [2.05, 4.69) is 21.5 Å². The Morgan fingerprint density at radius 3 is 2.89 bits per heavy atom. The molecule has 3 aromatic rings. The molecule has 0 aliphatic heterocycles. The summed E-state index contributed by atoms with van der Waals surface area (Å²) in [5, 5.41) is 1.05. The van der Waals surface area contributed by atoms with Crippen molar-refractivity contribution in [2.24, 2.45) is 0 Å². The minimum absolute atomic E-state index is 0.701. The van der Waals surface area contributed by atoms with Crippen molar-refractivity contribution in [1.82, 2.24) is 14.5 Å². The highest BCUT2D eigenvalue weighted by Gasteiger charge is 2.09. The van der Waals surface area contributed by atoms with Crippen LogP contribution in [0, 0.1) is 0 Å². The summed E-state index contributed by atoms with van der Waals surface area (Å²) >= 11 is 0. The van der Waals surface area contributed by atoms with Crippen LogP contribution in [0.15, 0.2) is 42.9 Å². The summed E-state index contributed by atoms with van der Waals surface area (Å²) in [5.41, 5.74) is 8.57. The topological polar surface area (TPSA) is 56.7 Å². The third-order valence-corrected chi connectivity index (χ3v) is 3.07. The Morgan fingerprint density at radius 1 is 1.17 bits per heavy atom. The molecule has 1 aromatic carbocycles. The number of fused-ring (bicyclic) bond motifs is 1. The molecule has 0 saturated heterocycles. The molecule has 0 amide bonds. The Balaban J connectivity index is 2.34. The minimum Gasteiger partial charge on any atom is -0.397 e. The zero-order chi connectivity index (χ0) is 12.5. The van der Waals surface area contributed by atoms with E-state index in [1.807, 2.05) is 36.7 Å². The molecule has 0 radical (unpaired) electrons. The van der Waals surface area contributed by atoms with Crippen molar-refractivity contribution in [3.63, 3.8) is 0 Å².